The van der Waals surface area contributed by atoms with Crippen molar-refractivity contribution in [2.75, 3.05) is 6.54 Å². The summed E-state index contributed by atoms with van der Waals surface area (Å²) < 4.78 is 13.2. The van der Waals surface area contributed by atoms with Crippen LogP contribution in [0, 0.1) is 19.7 Å². The van der Waals surface area contributed by atoms with Gasteiger partial charge in [-0.1, -0.05) is 13.0 Å². The molecule has 2 nitrogen and oxygen atoms in total. The number of aryl methyl sites for hydroxylation is 2. The van der Waals surface area contributed by atoms with Gasteiger partial charge in [-0.15, -0.1) is 0 Å². The van der Waals surface area contributed by atoms with Crippen LogP contribution in [0.3, 0.4) is 0 Å². The molecule has 2 rings (SSSR count). The standard InChI is InChI=1S/C18H23FN2/c1-4-8-21-18(16-7-9-20-14(3)11-16)12-15-5-6-17(19)10-13(15)2/h5-7,9-11,18,21H,4,8,12H2,1-3H3. The first-order valence-electron chi connectivity index (χ1n) is 7.51. The number of hydrogen-bond acceptors (Lipinski definition) is 2. The summed E-state index contributed by atoms with van der Waals surface area (Å²) in [5.74, 6) is -0.172. The van der Waals surface area contributed by atoms with Crippen molar-refractivity contribution in [1.82, 2.24) is 10.3 Å². The second-order valence-corrected chi connectivity index (χ2v) is 5.51. The van der Waals surface area contributed by atoms with Crippen molar-refractivity contribution in [2.45, 2.75) is 39.7 Å². The Kier molecular flexibility index (Phi) is 5.45. The summed E-state index contributed by atoms with van der Waals surface area (Å²) in [5, 5.41) is 3.58. The van der Waals surface area contributed by atoms with Gasteiger partial charge in [-0.05, 0) is 74.2 Å². The van der Waals surface area contributed by atoms with E-state index in [-0.39, 0.29) is 11.9 Å². The first kappa shape index (κ1) is 15.6. The van der Waals surface area contributed by atoms with Crippen molar-refractivity contribution in [1.29, 1.82) is 0 Å². The lowest BCUT2D eigenvalue weighted by molar-refractivity contribution is 0.526. The zero-order chi connectivity index (χ0) is 15.2. The quantitative estimate of drug-likeness (QED) is 0.864. The number of nitrogens with zero attached hydrogens (tertiary/aromatic N) is 1. The number of aromatic nitrogens is 1. The van der Waals surface area contributed by atoms with Gasteiger partial charge in [0.2, 0.25) is 0 Å². The molecule has 112 valence electrons. The SMILES string of the molecule is CCCNC(Cc1ccc(F)cc1C)c1ccnc(C)c1. The third-order valence-corrected chi connectivity index (χ3v) is 3.69. The molecule has 21 heavy (non-hydrogen) atoms. The second-order valence-electron chi connectivity index (χ2n) is 5.51. The molecule has 2 aromatic rings. The fourth-order valence-corrected chi connectivity index (χ4v) is 2.52. The van der Waals surface area contributed by atoms with Gasteiger partial charge in [0.15, 0.2) is 0 Å². The highest BCUT2D eigenvalue weighted by Crippen LogP contribution is 2.21. The maximum Gasteiger partial charge on any atom is 0.123 e. The summed E-state index contributed by atoms with van der Waals surface area (Å²) in [6.07, 6.45) is 3.79. The summed E-state index contributed by atoms with van der Waals surface area (Å²) >= 11 is 0. The van der Waals surface area contributed by atoms with E-state index in [1.165, 1.54) is 17.2 Å². The van der Waals surface area contributed by atoms with Crippen molar-refractivity contribution in [3.63, 3.8) is 0 Å². The number of rotatable bonds is 6. The van der Waals surface area contributed by atoms with Crippen molar-refractivity contribution >= 4 is 0 Å². The van der Waals surface area contributed by atoms with Gasteiger partial charge >= 0.3 is 0 Å². The molecule has 1 N–H and O–H groups in total. The topological polar surface area (TPSA) is 24.9 Å². The molecule has 1 unspecified atom stereocenters. The molecule has 1 heterocycles. The fraction of sp³-hybridized carbons (Fsp3) is 0.389. The monoisotopic (exact) mass is 286 g/mol. The Morgan fingerprint density at radius 3 is 2.67 bits per heavy atom. The highest BCUT2D eigenvalue weighted by Gasteiger charge is 2.13. The van der Waals surface area contributed by atoms with Gasteiger partial charge in [-0.2, -0.15) is 0 Å². The molecule has 0 fully saturated rings. The number of pyridine rings is 1. The Balaban J connectivity index is 2.23. The van der Waals surface area contributed by atoms with Crippen molar-refractivity contribution < 1.29 is 4.39 Å². The first-order valence-corrected chi connectivity index (χ1v) is 7.51. The summed E-state index contributed by atoms with van der Waals surface area (Å²) in [6.45, 7) is 7.09. The molecule has 0 saturated heterocycles. The normalized spacial score (nSPS) is 12.4. The van der Waals surface area contributed by atoms with E-state index < -0.39 is 0 Å². The fourth-order valence-electron chi connectivity index (χ4n) is 2.52. The smallest absolute Gasteiger partial charge is 0.123 e. The number of hydrogen-bond donors (Lipinski definition) is 1. The van der Waals surface area contributed by atoms with Crippen LogP contribution >= 0.6 is 0 Å². The lowest BCUT2D eigenvalue weighted by atomic mass is 9.96. The van der Waals surface area contributed by atoms with E-state index in [0.29, 0.717) is 0 Å². The summed E-state index contributed by atoms with van der Waals surface area (Å²) in [4.78, 5) is 4.26. The average Bonchev–Trinajstić information content (AvgIpc) is 2.45. The minimum absolute atomic E-state index is 0.172. The Hall–Kier alpha value is -1.74. The first-order chi connectivity index (χ1) is 10.1. The molecule has 0 radical (unpaired) electrons. The Morgan fingerprint density at radius 1 is 1.19 bits per heavy atom. The molecule has 0 spiro atoms. The molecule has 0 aliphatic rings. The summed E-state index contributed by atoms with van der Waals surface area (Å²) in [7, 11) is 0. The Bertz CT molecular complexity index is 596. The van der Waals surface area contributed by atoms with Crippen molar-refractivity contribution in [2.24, 2.45) is 0 Å². The predicted molar refractivity (Wildman–Crippen MR) is 84.8 cm³/mol. The van der Waals surface area contributed by atoms with Crippen LogP contribution in [0.25, 0.3) is 0 Å². The van der Waals surface area contributed by atoms with E-state index in [9.17, 15) is 4.39 Å². The van der Waals surface area contributed by atoms with E-state index >= 15 is 0 Å². The molecular formula is C18H23FN2. The molecule has 0 amide bonds. The predicted octanol–water partition coefficient (Wildman–Crippen LogP) is 4.12. The molecule has 0 aliphatic heterocycles. The van der Waals surface area contributed by atoms with E-state index in [1.807, 2.05) is 26.1 Å². The number of halogens is 1. The second kappa shape index (κ2) is 7.32. The van der Waals surface area contributed by atoms with Gasteiger partial charge in [0, 0.05) is 17.9 Å². The van der Waals surface area contributed by atoms with E-state index in [4.69, 9.17) is 0 Å². The molecular weight excluding hydrogens is 263 g/mol. The van der Waals surface area contributed by atoms with Crippen LogP contribution in [0.15, 0.2) is 36.5 Å². The lowest BCUT2D eigenvalue weighted by Gasteiger charge is -2.20. The molecule has 1 atom stereocenters. The lowest BCUT2D eigenvalue weighted by Crippen LogP contribution is -2.24. The van der Waals surface area contributed by atoms with Crippen LogP contribution in [0.1, 0.15) is 41.8 Å². The molecule has 3 heteroatoms. The maximum absolute atomic E-state index is 13.2. The molecule has 0 bridgehead atoms. The Morgan fingerprint density at radius 2 is 2.00 bits per heavy atom. The molecule has 0 saturated carbocycles. The van der Waals surface area contributed by atoms with Gasteiger partial charge in [-0.3, -0.25) is 4.98 Å². The van der Waals surface area contributed by atoms with Crippen LogP contribution in [0.5, 0.6) is 0 Å². The minimum Gasteiger partial charge on any atom is -0.310 e. The van der Waals surface area contributed by atoms with E-state index in [2.05, 4.69) is 29.4 Å². The van der Waals surface area contributed by atoms with E-state index in [1.54, 1.807) is 6.07 Å². The Labute approximate surface area is 126 Å². The third kappa shape index (κ3) is 4.36. The van der Waals surface area contributed by atoms with Crippen molar-refractivity contribution in [3.05, 3.63) is 64.7 Å². The average molecular weight is 286 g/mol. The molecule has 0 aliphatic carbocycles. The molecule has 1 aromatic carbocycles. The zero-order valence-corrected chi connectivity index (χ0v) is 13.0. The summed E-state index contributed by atoms with van der Waals surface area (Å²) in [5.41, 5.74) is 4.44. The highest BCUT2D eigenvalue weighted by molar-refractivity contribution is 5.30. The van der Waals surface area contributed by atoms with Crippen LogP contribution < -0.4 is 5.32 Å². The van der Waals surface area contributed by atoms with Gasteiger partial charge in [-0.25, -0.2) is 4.39 Å². The zero-order valence-electron chi connectivity index (χ0n) is 13.0. The highest BCUT2D eigenvalue weighted by atomic mass is 19.1. The van der Waals surface area contributed by atoms with Crippen LogP contribution in [0.4, 0.5) is 4.39 Å². The number of nitrogens with one attached hydrogen (secondary N) is 1. The van der Waals surface area contributed by atoms with E-state index in [0.717, 1.165) is 30.6 Å². The van der Waals surface area contributed by atoms with Gasteiger partial charge in [0.05, 0.1) is 0 Å². The van der Waals surface area contributed by atoms with Gasteiger partial charge < -0.3 is 5.32 Å². The molecule has 1 aromatic heterocycles. The van der Waals surface area contributed by atoms with Crippen LogP contribution in [0.2, 0.25) is 0 Å². The largest absolute Gasteiger partial charge is 0.310 e. The van der Waals surface area contributed by atoms with Gasteiger partial charge in [0.25, 0.3) is 0 Å². The summed E-state index contributed by atoms with van der Waals surface area (Å²) in [6, 6.07) is 9.43. The number of benzene rings is 1. The van der Waals surface area contributed by atoms with Crippen molar-refractivity contribution in [3.8, 4) is 0 Å². The van der Waals surface area contributed by atoms with Crippen LogP contribution in [-0.2, 0) is 6.42 Å². The van der Waals surface area contributed by atoms with Gasteiger partial charge in [0.1, 0.15) is 5.82 Å². The maximum atomic E-state index is 13.2. The van der Waals surface area contributed by atoms with Crippen LogP contribution in [-0.4, -0.2) is 11.5 Å². The third-order valence-electron chi connectivity index (χ3n) is 3.69. The minimum atomic E-state index is -0.172.